The molecule has 52 valence electrons. The number of carbonyl (C=O) groups excluding carboxylic acids is 1. The van der Waals surface area contributed by atoms with Crippen molar-refractivity contribution in [3.63, 3.8) is 0 Å². The molecule has 0 aromatic carbocycles. The normalized spacial score (nSPS) is 12.4. The lowest BCUT2D eigenvalue weighted by molar-refractivity contribution is -0.110. The number of nitrogens with zero attached hydrogens (tertiary/aromatic N) is 1. The van der Waals surface area contributed by atoms with Crippen molar-refractivity contribution in [3.05, 3.63) is 0 Å². The summed E-state index contributed by atoms with van der Waals surface area (Å²) in [5.41, 5.74) is -0.119. The number of Topliss-reactive ketones (excluding diaryl/α,β-unsaturated/α-hetero) is 1. The summed E-state index contributed by atoms with van der Waals surface area (Å²) >= 11 is 0. The number of ketones is 1. The minimum Gasteiger partial charge on any atom is -0.293 e. The Morgan fingerprint density at radius 3 is 2.00 bits per heavy atom. The van der Waals surface area contributed by atoms with Crippen LogP contribution in [0.3, 0.4) is 0 Å². The van der Waals surface area contributed by atoms with Crippen LogP contribution in [0.4, 0.5) is 0 Å². The molecule has 0 saturated carbocycles. The van der Waals surface area contributed by atoms with Crippen LogP contribution in [0, 0.1) is 0 Å². The summed E-state index contributed by atoms with van der Waals surface area (Å²) in [5, 5.41) is 0. The molecule has 0 rings (SSSR count). The van der Waals surface area contributed by atoms with Crippen molar-refractivity contribution < 1.29 is 4.79 Å². The third-order valence-corrected chi connectivity index (χ3v) is 0.634. The highest BCUT2D eigenvalue weighted by molar-refractivity contribution is 6.26. The molecule has 0 N–H and O–H groups in total. The van der Waals surface area contributed by atoms with E-state index in [0.717, 1.165) is 0 Å². The van der Waals surface area contributed by atoms with Crippen LogP contribution in [-0.4, -0.2) is 17.5 Å². The molecular formula is C7H13NO. The molecule has 0 atom stereocenters. The van der Waals surface area contributed by atoms with Crippen LogP contribution in [0.25, 0.3) is 0 Å². The minimum atomic E-state index is -0.119. The molecule has 0 amide bonds. The standard InChI is InChI=1S/C7H13NO/c1-6(9)5-8-7(2,3)4/h5H,1-4H3. The van der Waals surface area contributed by atoms with Crippen LogP contribution in [0.15, 0.2) is 4.99 Å². The minimum absolute atomic E-state index is 0.00456. The number of rotatable bonds is 1. The Bertz CT molecular complexity index is 130. The van der Waals surface area contributed by atoms with Crippen molar-refractivity contribution in [2.75, 3.05) is 0 Å². The van der Waals surface area contributed by atoms with Crippen molar-refractivity contribution in [1.29, 1.82) is 0 Å². The largest absolute Gasteiger partial charge is 0.293 e. The maximum atomic E-state index is 10.3. The summed E-state index contributed by atoms with van der Waals surface area (Å²) in [7, 11) is 0. The van der Waals surface area contributed by atoms with Crippen LogP contribution in [0.2, 0.25) is 0 Å². The van der Waals surface area contributed by atoms with Gasteiger partial charge in [0.25, 0.3) is 0 Å². The van der Waals surface area contributed by atoms with Crippen LogP contribution in [0.5, 0.6) is 0 Å². The maximum Gasteiger partial charge on any atom is 0.170 e. The molecule has 0 fully saturated rings. The van der Waals surface area contributed by atoms with Crippen LogP contribution in [0.1, 0.15) is 27.7 Å². The number of aliphatic imine (C=N–C) groups is 1. The number of hydrogen-bond acceptors (Lipinski definition) is 2. The lowest BCUT2D eigenvalue weighted by Gasteiger charge is -2.09. The average molecular weight is 127 g/mol. The second-order valence-corrected chi connectivity index (χ2v) is 3.04. The molecule has 9 heavy (non-hydrogen) atoms. The first-order chi connectivity index (χ1) is 3.92. The quantitative estimate of drug-likeness (QED) is 0.490. The van der Waals surface area contributed by atoms with E-state index in [9.17, 15) is 4.79 Å². The monoisotopic (exact) mass is 127 g/mol. The van der Waals surface area contributed by atoms with Gasteiger partial charge in [-0.05, 0) is 20.8 Å². The van der Waals surface area contributed by atoms with Gasteiger partial charge in [-0.2, -0.15) is 0 Å². The summed E-state index contributed by atoms with van der Waals surface area (Å²) in [6, 6.07) is 0. The zero-order chi connectivity index (χ0) is 7.49. The van der Waals surface area contributed by atoms with E-state index in [4.69, 9.17) is 0 Å². The Hall–Kier alpha value is -0.660. The van der Waals surface area contributed by atoms with Crippen molar-refractivity contribution >= 4 is 12.0 Å². The fourth-order valence-corrected chi connectivity index (χ4v) is 0.285. The molecule has 0 aromatic heterocycles. The lowest BCUT2D eigenvalue weighted by atomic mass is 10.1. The Labute approximate surface area is 56.0 Å². The fraction of sp³-hybridized carbons (Fsp3) is 0.714. The lowest BCUT2D eigenvalue weighted by Crippen LogP contribution is -2.11. The molecule has 0 aromatic rings. The van der Waals surface area contributed by atoms with Gasteiger partial charge in [0.2, 0.25) is 0 Å². The van der Waals surface area contributed by atoms with Crippen LogP contribution < -0.4 is 0 Å². The van der Waals surface area contributed by atoms with Gasteiger partial charge in [0.05, 0.1) is 11.8 Å². The van der Waals surface area contributed by atoms with E-state index >= 15 is 0 Å². The molecule has 0 radical (unpaired) electrons. The highest BCUT2D eigenvalue weighted by Gasteiger charge is 2.04. The number of carbonyl (C=O) groups is 1. The zero-order valence-electron chi connectivity index (χ0n) is 6.43. The molecule has 0 aliphatic rings. The number of hydrogen-bond donors (Lipinski definition) is 0. The van der Waals surface area contributed by atoms with Gasteiger partial charge in [0.1, 0.15) is 0 Å². The summed E-state index contributed by atoms with van der Waals surface area (Å²) in [6.45, 7) is 7.35. The molecule has 0 bridgehead atoms. The second kappa shape index (κ2) is 2.76. The van der Waals surface area contributed by atoms with Gasteiger partial charge in [-0.1, -0.05) is 0 Å². The summed E-state index contributed by atoms with van der Waals surface area (Å²) < 4.78 is 0. The van der Waals surface area contributed by atoms with Crippen LogP contribution >= 0.6 is 0 Å². The van der Waals surface area contributed by atoms with Crippen molar-refractivity contribution in [2.24, 2.45) is 4.99 Å². The van der Waals surface area contributed by atoms with E-state index in [1.54, 1.807) is 0 Å². The Kier molecular flexibility index (Phi) is 2.56. The Morgan fingerprint density at radius 1 is 1.44 bits per heavy atom. The second-order valence-electron chi connectivity index (χ2n) is 3.04. The van der Waals surface area contributed by atoms with Gasteiger partial charge in [-0.3, -0.25) is 9.79 Å². The highest BCUT2D eigenvalue weighted by atomic mass is 16.1. The third-order valence-electron chi connectivity index (χ3n) is 0.634. The van der Waals surface area contributed by atoms with E-state index in [2.05, 4.69) is 4.99 Å². The molecule has 0 spiro atoms. The summed E-state index contributed by atoms with van der Waals surface area (Å²) in [5.74, 6) is 0.00456. The van der Waals surface area contributed by atoms with Gasteiger partial charge in [0.15, 0.2) is 5.78 Å². The molecule has 0 saturated heterocycles. The predicted molar refractivity (Wildman–Crippen MR) is 38.9 cm³/mol. The van der Waals surface area contributed by atoms with Crippen molar-refractivity contribution in [3.8, 4) is 0 Å². The van der Waals surface area contributed by atoms with E-state index in [0.29, 0.717) is 0 Å². The smallest absolute Gasteiger partial charge is 0.170 e. The maximum absolute atomic E-state index is 10.3. The first kappa shape index (κ1) is 8.34. The molecule has 0 aliphatic carbocycles. The van der Waals surface area contributed by atoms with Gasteiger partial charge < -0.3 is 0 Å². The van der Waals surface area contributed by atoms with Gasteiger partial charge in [0, 0.05) is 6.92 Å². The van der Waals surface area contributed by atoms with E-state index in [1.165, 1.54) is 13.1 Å². The fourth-order valence-electron chi connectivity index (χ4n) is 0.285. The summed E-state index contributed by atoms with van der Waals surface area (Å²) in [4.78, 5) is 14.3. The average Bonchev–Trinajstić information content (AvgIpc) is 1.59. The van der Waals surface area contributed by atoms with Gasteiger partial charge in [-0.15, -0.1) is 0 Å². The highest BCUT2D eigenvalue weighted by Crippen LogP contribution is 2.03. The molecule has 2 heteroatoms. The predicted octanol–water partition coefficient (Wildman–Crippen LogP) is 1.44. The topological polar surface area (TPSA) is 29.4 Å². The third kappa shape index (κ3) is 7.34. The first-order valence-corrected chi connectivity index (χ1v) is 2.97. The Morgan fingerprint density at radius 2 is 1.89 bits per heavy atom. The SMILES string of the molecule is CC(=O)C=NC(C)(C)C. The molecule has 0 aliphatic heterocycles. The molecule has 0 heterocycles. The van der Waals surface area contributed by atoms with E-state index in [-0.39, 0.29) is 11.3 Å². The van der Waals surface area contributed by atoms with Crippen LogP contribution in [-0.2, 0) is 4.79 Å². The first-order valence-electron chi connectivity index (χ1n) is 2.97. The molecule has 0 unspecified atom stereocenters. The van der Waals surface area contributed by atoms with E-state index in [1.807, 2.05) is 20.8 Å². The van der Waals surface area contributed by atoms with Gasteiger partial charge in [-0.25, -0.2) is 0 Å². The van der Waals surface area contributed by atoms with Gasteiger partial charge >= 0.3 is 0 Å². The van der Waals surface area contributed by atoms with Crippen molar-refractivity contribution in [1.82, 2.24) is 0 Å². The zero-order valence-corrected chi connectivity index (χ0v) is 6.43. The summed E-state index contributed by atoms with van der Waals surface area (Å²) in [6.07, 6.45) is 1.36. The molecular weight excluding hydrogens is 114 g/mol. The molecule has 2 nitrogen and oxygen atoms in total. The van der Waals surface area contributed by atoms with E-state index < -0.39 is 0 Å². The Balaban J connectivity index is 3.86. The van der Waals surface area contributed by atoms with Crippen molar-refractivity contribution in [2.45, 2.75) is 33.2 Å².